The number of fused-ring (bicyclic) bond motifs is 1. The SMILES string of the molecule is CCc1nc2c(C(C)C)cn(C)c2nc1-c1ccc(C(C)C)nc1. The van der Waals surface area contributed by atoms with Crippen molar-refractivity contribution in [3.05, 3.63) is 41.5 Å². The molecule has 0 unspecified atom stereocenters. The number of aromatic nitrogens is 4. The van der Waals surface area contributed by atoms with Gasteiger partial charge in [0.15, 0.2) is 5.65 Å². The maximum absolute atomic E-state index is 4.96. The summed E-state index contributed by atoms with van der Waals surface area (Å²) in [6, 6.07) is 4.21. The van der Waals surface area contributed by atoms with Crippen molar-refractivity contribution < 1.29 is 0 Å². The molecule has 3 rings (SSSR count). The molecule has 0 spiro atoms. The van der Waals surface area contributed by atoms with Gasteiger partial charge in [0.25, 0.3) is 0 Å². The van der Waals surface area contributed by atoms with Gasteiger partial charge in [-0.2, -0.15) is 0 Å². The quantitative estimate of drug-likeness (QED) is 0.690. The zero-order valence-corrected chi connectivity index (χ0v) is 15.5. The topological polar surface area (TPSA) is 43.6 Å². The largest absolute Gasteiger partial charge is 0.334 e. The summed E-state index contributed by atoms with van der Waals surface area (Å²) in [6.07, 6.45) is 4.94. The molecule has 0 aliphatic rings. The molecule has 0 atom stereocenters. The fourth-order valence-electron chi connectivity index (χ4n) is 3.02. The molecule has 0 N–H and O–H groups in total. The number of pyridine rings is 1. The van der Waals surface area contributed by atoms with Gasteiger partial charge in [-0.1, -0.05) is 34.6 Å². The van der Waals surface area contributed by atoms with Crippen LogP contribution < -0.4 is 0 Å². The third-order valence-corrected chi connectivity index (χ3v) is 4.50. The maximum Gasteiger partial charge on any atom is 0.159 e. The highest BCUT2D eigenvalue weighted by atomic mass is 15.0. The lowest BCUT2D eigenvalue weighted by molar-refractivity contribution is 0.823. The van der Waals surface area contributed by atoms with Crippen LogP contribution in [-0.4, -0.2) is 19.5 Å². The van der Waals surface area contributed by atoms with E-state index >= 15 is 0 Å². The zero-order chi connectivity index (χ0) is 17.4. The minimum absolute atomic E-state index is 0.430. The van der Waals surface area contributed by atoms with E-state index < -0.39 is 0 Å². The summed E-state index contributed by atoms with van der Waals surface area (Å²) in [5, 5.41) is 0. The highest BCUT2D eigenvalue weighted by Crippen LogP contribution is 2.29. The first-order chi connectivity index (χ1) is 11.4. The number of hydrogen-bond acceptors (Lipinski definition) is 3. The van der Waals surface area contributed by atoms with Crippen molar-refractivity contribution in [3.8, 4) is 11.3 Å². The molecule has 0 amide bonds. The standard InChI is InChI=1S/C20H26N4/c1-7-16-18(14-8-9-17(13(4)5)21-10-14)23-20-19(22-16)15(12(2)3)11-24(20)6/h8-13H,7H2,1-6H3. The van der Waals surface area contributed by atoms with E-state index in [-0.39, 0.29) is 0 Å². The molecule has 0 saturated heterocycles. The summed E-state index contributed by atoms with van der Waals surface area (Å²) in [6.45, 7) is 10.8. The third kappa shape index (κ3) is 2.81. The van der Waals surface area contributed by atoms with E-state index in [0.717, 1.165) is 40.2 Å². The van der Waals surface area contributed by atoms with Crippen LogP contribution in [0.5, 0.6) is 0 Å². The second kappa shape index (κ2) is 6.34. The Bertz CT molecular complexity index is 857. The fraction of sp³-hybridized carbons (Fsp3) is 0.450. The van der Waals surface area contributed by atoms with E-state index in [1.807, 2.05) is 13.2 Å². The minimum atomic E-state index is 0.430. The van der Waals surface area contributed by atoms with Gasteiger partial charge in [-0.3, -0.25) is 4.98 Å². The van der Waals surface area contributed by atoms with Crippen LogP contribution in [0.2, 0.25) is 0 Å². The molecule has 4 nitrogen and oxygen atoms in total. The van der Waals surface area contributed by atoms with Crippen molar-refractivity contribution in [2.45, 2.75) is 52.9 Å². The average molecular weight is 322 g/mol. The minimum Gasteiger partial charge on any atom is -0.334 e. The third-order valence-electron chi connectivity index (χ3n) is 4.50. The van der Waals surface area contributed by atoms with Gasteiger partial charge < -0.3 is 4.57 Å². The van der Waals surface area contributed by atoms with Crippen LogP contribution in [0.15, 0.2) is 24.5 Å². The van der Waals surface area contributed by atoms with Gasteiger partial charge in [0.1, 0.15) is 5.52 Å². The van der Waals surface area contributed by atoms with Crippen molar-refractivity contribution in [1.82, 2.24) is 19.5 Å². The zero-order valence-electron chi connectivity index (χ0n) is 15.5. The van der Waals surface area contributed by atoms with Crippen molar-refractivity contribution in [1.29, 1.82) is 0 Å². The second-order valence-corrected chi connectivity index (χ2v) is 7.02. The Morgan fingerprint density at radius 2 is 1.79 bits per heavy atom. The number of nitrogens with zero attached hydrogens (tertiary/aromatic N) is 4. The Labute approximate surface area is 144 Å². The van der Waals surface area contributed by atoms with Gasteiger partial charge in [-0.05, 0) is 30.4 Å². The molecule has 0 aliphatic carbocycles. The number of rotatable bonds is 4. The van der Waals surface area contributed by atoms with E-state index in [4.69, 9.17) is 9.97 Å². The summed E-state index contributed by atoms with van der Waals surface area (Å²) >= 11 is 0. The molecule has 3 heterocycles. The molecule has 0 radical (unpaired) electrons. The van der Waals surface area contributed by atoms with E-state index in [2.05, 4.69) is 62.5 Å². The van der Waals surface area contributed by atoms with Crippen LogP contribution in [-0.2, 0) is 13.5 Å². The van der Waals surface area contributed by atoms with Gasteiger partial charge in [0.2, 0.25) is 0 Å². The van der Waals surface area contributed by atoms with Crippen LogP contribution in [0, 0.1) is 0 Å². The van der Waals surface area contributed by atoms with Crippen LogP contribution >= 0.6 is 0 Å². The first-order valence-corrected chi connectivity index (χ1v) is 8.74. The Kier molecular flexibility index (Phi) is 4.39. The first kappa shape index (κ1) is 16.6. The normalized spacial score (nSPS) is 11.8. The molecule has 0 saturated carbocycles. The summed E-state index contributed by atoms with van der Waals surface area (Å²) in [7, 11) is 2.04. The summed E-state index contributed by atoms with van der Waals surface area (Å²) < 4.78 is 2.08. The molecule has 24 heavy (non-hydrogen) atoms. The molecule has 0 aliphatic heterocycles. The monoisotopic (exact) mass is 322 g/mol. The summed E-state index contributed by atoms with van der Waals surface area (Å²) in [5.41, 5.74) is 7.36. The van der Waals surface area contributed by atoms with Gasteiger partial charge in [0.05, 0.1) is 11.4 Å². The van der Waals surface area contributed by atoms with E-state index in [1.54, 1.807) is 0 Å². The maximum atomic E-state index is 4.96. The molecule has 126 valence electrons. The predicted molar refractivity (Wildman–Crippen MR) is 99.3 cm³/mol. The molecule has 0 fully saturated rings. The molecular formula is C20H26N4. The lowest BCUT2D eigenvalue weighted by atomic mass is 10.0. The van der Waals surface area contributed by atoms with E-state index in [9.17, 15) is 0 Å². The van der Waals surface area contributed by atoms with Crippen molar-refractivity contribution in [3.63, 3.8) is 0 Å². The highest BCUT2D eigenvalue weighted by Gasteiger charge is 2.17. The Morgan fingerprint density at radius 1 is 1.04 bits per heavy atom. The van der Waals surface area contributed by atoms with Gasteiger partial charge in [-0.25, -0.2) is 9.97 Å². The van der Waals surface area contributed by atoms with Crippen LogP contribution in [0.1, 0.15) is 63.4 Å². The van der Waals surface area contributed by atoms with Crippen molar-refractivity contribution in [2.75, 3.05) is 0 Å². The van der Waals surface area contributed by atoms with E-state index in [0.29, 0.717) is 11.8 Å². The molecule has 0 bridgehead atoms. The van der Waals surface area contributed by atoms with Gasteiger partial charge >= 0.3 is 0 Å². The lowest BCUT2D eigenvalue weighted by Crippen LogP contribution is -2.01. The Morgan fingerprint density at radius 3 is 2.33 bits per heavy atom. The Balaban J connectivity index is 2.18. The molecule has 3 aromatic rings. The van der Waals surface area contributed by atoms with Crippen LogP contribution in [0.4, 0.5) is 0 Å². The molecule has 0 aromatic carbocycles. The Hall–Kier alpha value is -2.23. The predicted octanol–water partition coefficient (Wildman–Crippen LogP) is 4.84. The highest BCUT2D eigenvalue weighted by molar-refractivity contribution is 5.80. The van der Waals surface area contributed by atoms with Crippen molar-refractivity contribution >= 4 is 11.2 Å². The van der Waals surface area contributed by atoms with Crippen LogP contribution in [0.3, 0.4) is 0 Å². The van der Waals surface area contributed by atoms with E-state index in [1.165, 1.54) is 5.56 Å². The number of hydrogen-bond donors (Lipinski definition) is 0. The average Bonchev–Trinajstić information content (AvgIpc) is 2.90. The van der Waals surface area contributed by atoms with Gasteiger partial charge in [0, 0.05) is 36.3 Å². The first-order valence-electron chi connectivity index (χ1n) is 8.74. The summed E-state index contributed by atoms with van der Waals surface area (Å²) in [4.78, 5) is 14.5. The smallest absolute Gasteiger partial charge is 0.159 e. The number of aryl methyl sites for hydroxylation is 2. The molecule has 3 aromatic heterocycles. The molecule has 4 heteroatoms. The van der Waals surface area contributed by atoms with Crippen LogP contribution in [0.25, 0.3) is 22.4 Å². The van der Waals surface area contributed by atoms with Crippen molar-refractivity contribution in [2.24, 2.45) is 7.05 Å². The summed E-state index contributed by atoms with van der Waals surface area (Å²) in [5.74, 6) is 0.866. The molecular weight excluding hydrogens is 296 g/mol. The second-order valence-electron chi connectivity index (χ2n) is 7.02. The van der Waals surface area contributed by atoms with Gasteiger partial charge in [-0.15, -0.1) is 0 Å². The lowest BCUT2D eigenvalue weighted by Gasteiger charge is -2.10. The fourth-order valence-corrected chi connectivity index (χ4v) is 3.02.